The Bertz CT molecular complexity index is 2740. The second-order valence-electron chi connectivity index (χ2n) is 15.2. The Morgan fingerprint density at radius 2 is 0.406 bits per heavy atom. The van der Waals surface area contributed by atoms with E-state index in [9.17, 15) is 0 Å². The van der Waals surface area contributed by atoms with Crippen LogP contribution in [0.1, 0.15) is 0 Å². The number of hydrogen-bond donors (Lipinski definition) is 0. The van der Waals surface area contributed by atoms with Gasteiger partial charge in [0.2, 0.25) is 0 Å². The van der Waals surface area contributed by atoms with Crippen LogP contribution in [0.15, 0.2) is 267 Å². The van der Waals surface area contributed by atoms with Crippen LogP contribution in [0.25, 0.3) is 11.1 Å². The Hall–Kier alpha value is -8.74. The first-order valence-corrected chi connectivity index (χ1v) is 21.4. The number of para-hydroxylation sites is 6. The van der Waals surface area contributed by atoms with Crippen molar-refractivity contribution >= 4 is 68.5 Å². The van der Waals surface area contributed by atoms with Crippen LogP contribution in [0.4, 0.5) is 68.5 Å². The van der Waals surface area contributed by atoms with Crippen molar-refractivity contribution in [1.82, 2.24) is 9.97 Å². The summed E-state index contributed by atoms with van der Waals surface area (Å²) in [5, 5.41) is 0. The molecule has 0 aliphatic rings. The molecule has 2 aromatic heterocycles. The van der Waals surface area contributed by atoms with Gasteiger partial charge in [0.05, 0.1) is 0 Å². The van der Waals surface area contributed by atoms with Gasteiger partial charge >= 0.3 is 0 Å². The molecule has 306 valence electrons. The number of nitrogens with zero attached hydrogens (tertiary/aromatic N) is 6. The summed E-state index contributed by atoms with van der Waals surface area (Å²) in [4.78, 5) is 18.9. The van der Waals surface area contributed by atoms with Gasteiger partial charge in [-0.2, -0.15) is 0 Å². The molecule has 0 spiro atoms. The number of aromatic nitrogens is 2. The fourth-order valence-corrected chi connectivity index (χ4v) is 8.13. The van der Waals surface area contributed by atoms with Crippen LogP contribution in [0.3, 0.4) is 0 Å². The summed E-state index contributed by atoms with van der Waals surface area (Å²) in [5.41, 5.74) is 12.5. The smallest absolute Gasteiger partial charge is 0.138 e. The molecule has 0 saturated carbocycles. The van der Waals surface area contributed by atoms with Gasteiger partial charge in [-0.25, -0.2) is 9.97 Å². The van der Waals surface area contributed by atoms with Gasteiger partial charge < -0.3 is 9.80 Å². The minimum absolute atomic E-state index is 0.801. The summed E-state index contributed by atoms with van der Waals surface area (Å²) in [7, 11) is 0. The molecule has 0 unspecified atom stereocenters. The van der Waals surface area contributed by atoms with Gasteiger partial charge in [0.15, 0.2) is 0 Å². The Balaban J connectivity index is 0.998. The van der Waals surface area contributed by atoms with E-state index in [4.69, 9.17) is 9.97 Å². The summed E-state index contributed by atoms with van der Waals surface area (Å²) in [5.74, 6) is 1.60. The molecule has 8 aromatic carbocycles. The molecule has 10 aromatic rings. The highest BCUT2D eigenvalue weighted by atomic mass is 15.2. The molecule has 0 radical (unpaired) electrons. The molecule has 6 heteroatoms. The van der Waals surface area contributed by atoms with Crippen molar-refractivity contribution < 1.29 is 0 Å². The SMILES string of the molecule is c1ccc(N(c2ccccc2)c2ccc(N(c3ccccc3)c3cc(-c4ccnc(N(c5ccccc5)c5ccc(N(c6ccccc6)c6ccccc6)cc5)c4)ccn3)cc2)cc1. The zero-order valence-electron chi connectivity index (χ0n) is 35.1. The van der Waals surface area contributed by atoms with E-state index in [1.807, 2.05) is 48.8 Å². The van der Waals surface area contributed by atoms with Crippen molar-refractivity contribution in [2.75, 3.05) is 19.6 Å². The van der Waals surface area contributed by atoms with E-state index in [1.54, 1.807) is 0 Å². The van der Waals surface area contributed by atoms with E-state index < -0.39 is 0 Å². The van der Waals surface area contributed by atoms with E-state index >= 15 is 0 Å². The molecule has 0 aliphatic heterocycles. The van der Waals surface area contributed by atoms with E-state index in [1.165, 1.54) is 0 Å². The maximum absolute atomic E-state index is 4.98. The lowest BCUT2D eigenvalue weighted by Crippen LogP contribution is -2.13. The fourth-order valence-electron chi connectivity index (χ4n) is 8.13. The van der Waals surface area contributed by atoms with Crippen molar-refractivity contribution in [2.45, 2.75) is 0 Å². The van der Waals surface area contributed by atoms with Gasteiger partial charge in [0, 0.05) is 69.3 Å². The van der Waals surface area contributed by atoms with Gasteiger partial charge in [-0.1, -0.05) is 109 Å². The van der Waals surface area contributed by atoms with Crippen LogP contribution in [-0.4, -0.2) is 9.97 Å². The molecule has 2 heterocycles. The number of pyridine rings is 2. The topological polar surface area (TPSA) is 38.7 Å². The normalized spacial score (nSPS) is 10.8. The van der Waals surface area contributed by atoms with Crippen molar-refractivity contribution in [2.24, 2.45) is 0 Å². The Labute approximate surface area is 374 Å². The molecule has 64 heavy (non-hydrogen) atoms. The van der Waals surface area contributed by atoms with Crippen molar-refractivity contribution in [1.29, 1.82) is 0 Å². The number of rotatable bonds is 13. The summed E-state index contributed by atoms with van der Waals surface area (Å²) in [6.07, 6.45) is 3.78. The average Bonchev–Trinajstić information content (AvgIpc) is 3.37. The van der Waals surface area contributed by atoms with Crippen LogP contribution >= 0.6 is 0 Å². The third-order valence-corrected chi connectivity index (χ3v) is 11.1. The lowest BCUT2D eigenvalue weighted by Gasteiger charge is -2.28. The third-order valence-electron chi connectivity index (χ3n) is 11.1. The highest BCUT2D eigenvalue weighted by molar-refractivity contribution is 5.84. The van der Waals surface area contributed by atoms with Gasteiger partial charge in [0.25, 0.3) is 0 Å². The maximum Gasteiger partial charge on any atom is 0.138 e. The van der Waals surface area contributed by atoms with Gasteiger partial charge in [-0.15, -0.1) is 0 Å². The standard InChI is InChI=1S/C58H44N6/c1-7-19-47(20-8-1)61(48-21-9-2-10-22-48)53-31-35-55(36-32-53)63(51-27-15-5-16-28-51)57-43-45(39-41-59-57)46-40-42-60-58(44-46)64(52-29-17-6-18-30-52)56-37-33-54(34-38-56)62(49-23-11-3-12-24-49)50-25-13-4-14-26-50/h1-44H. The molecule has 0 bridgehead atoms. The second kappa shape index (κ2) is 18.5. The quantitative estimate of drug-likeness (QED) is 0.115. The van der Waals surface area contributed by atoms with E-state index in [2.05, 4.69) is 238 Å². The lowest BCUT2D eigenvalue weighted by molar-refractivity contribution is 1.17. The van der Waals surface area contributed by atoms with Gasteiger partial charge in [-0.3, -0.25) is 9.80 Å². The molecular formula is C58H44N6. The summed E-state index contributed by atoms with van der Waals surface area (Å²) >= 11 is 0. The largest absolute Gasteiger partial charge is 0.311 e. The van der Waals surface area contributed by atoms with Crippen LogP contribution < -0.4 is 19.6 Å². The van der Waals surface area contributed by atoms with E-state index in [-0.39, 0.29) is 0 Å². The highest BCUT2D eigenvalue weighted by Gasteiger charge is 2.20. The average molecular weight is 825 g/mol. The monoisotopic (exact) mass is 824 g/mol. The molecule has 0 fully saturated rings. The predicted molar refractivity (Wildman–Crippen MR) is 266 cm³/mol. The Morgan fingerprint density at radius 1 is 0.203 bits per heavy atom. The summed E-state index contributed by atoms with van der Waals surface area (Å²) < 4.78 is 0. The van der Waals surface area contributed by atoms with Gasteiger partial charge in [0.1, 0.15) is 11.6 Å². The van der Waals surface area contributed by atoms with E-state index in [0.29, 0.717) is 0 Å². The third kappa shape index (κ3) is 8.44. The minimum atomic E-state index is 0.801. The molecule has 10 rings (SSSR count). The molecule has 6 nitrogen and oxygen atoms in total. The first-order chi connectivity index (χ1) is 31.8. The minimum Gasteiger partial charge on any atom is -0.311 e. The molecule has 0 amide bonds. The lowest BCUT2D eigenvalue weighted by atomic mass is 10.1. The van der Waals surface area contributed by atoms with Crippen LogP contribution in [0, 0.1) is 0 Å². The number of anilines is 12. The number of hydrogen-bond acceptors (Lipinski definition) is 6. The Morgan fingerprint density at radius 3 is 0.656 bits per heavy atom. The highest BCUT2D eigenvalue weighted by Crippen LogP contribution is 2.41. The fraction of sp³-hybridized carbons (Fsp3) is 0. The summed E-state index contributed by atoms with van der Waals surface area (Å²) in [6, 6.07) is 88.5. The maximum atomic E-state index is 4.98. The van der Waals surface area contributed by atoms with Crippen molar-refractivity contribution in [3.8, 4) is 11.1 Å². The number of benzene rings is 8. The molecular weight excluding hydrogens is 781 g/mol. The van der Waals surface area contributed by atoms with E-state index in [0.717, 1.165) is 79.6 Å². The first kappa shape index (κ1) is 39.4. The van der Waals surface area contributed by atoms with Crippen molar-refractivity contribution in [3.05, 3.63) is 267 Å². The summed E-state index contributed by atoms with van der Waals surface area (Å²) in [6.45, 7) is 0. The molecule has 0 aliphatic carbocycles. The van der Waals surface area contributed by atoms with Crippen molar-refractivity contribution in [3.63, 3.8) is 0 Å². The molecule has 0 saturated heterocycles. The van der Waals surface area contributed by atoms with Crippen LogP contribution in [-0.2, 0) is 0 Å². The van der Waals surface area contributed by atoms with Crippen LogP contribution in [0.2, 0.25) is 0 Å². The molecule has 0 atom stereocenters. The second-order valence-corrected chi connectivity index (χ2v) is 15.2. The Kier molecular flexibility index (Phi) is 11.4. The first-order valence-electron chi connectivity index (χ1n) is 21.4. The van der Waals surface area contributed by atoms with Gasteiger partial charge in [-0.05, 0) is 157 Å². The molecule has 0 N–H and O–H groups in total. The predicted octanol–water partition coefficient (Wildman–Crippen LogP) is 16.0. The zero-order chi connectivity index (χ0) is 42.9. The van der Waals surface area contributed by atoms with Crippen LogP contribution in [0.5, 0.6) is 0 Å². The zero-order valence-corrected chi connectivity index (χ0v) is 35.1.